The molecule has 2 saturated heterocycles. The van der Waals surface area contributed by atoms with Gasteiger partial charge in [0.05, 0.1) is 12.3 Å². The summed E-state index contributed by atoms with van der Waals surface area (Å²) in [6, 6.07) is 4.03. The number of nitrogens with zero attached hydrogens (tertiary/aromatic N) is 4. The van der Waals surface area contributed by atoms with Crippen molar-refractivity contribution in [3.05, 3.63) is 17.8 Å². The lowest BCUT2D eigenvalue weighted by atomic mass is 9.85. The molecule has 1 amide bonds. The Morgan fingerprint density at radius 1 is 1.23 bits per heavy atom. The van der Waals surface area contributed by atoms with E-state index in [0.717, 1.165) is 43.9 Å². The summed E-state index contributed by atoms with van der Waals surface area (Å²) >= 11 is 0. The summed E-state index contributed by atoms with van der Waals surface area (Å²) in [5.74, 6) is 1.22. The van der Waals surface area contributed by atoms with Gasteiger partial charge in [-0.15, -0.1) is 5.10 Å². The van der Waals surface area contributed by atoms with Crippen LogP contribution in [0.5, 0.6) is 0 Å². The number of aromatic nitrogens is 2. The normalized spacial score (nSPS) is 20.9. The minimum Gasteiger partial charge on any atom is -0.383 e. The van der Waals surface area contributed by atoms with E-state index in [1.54, 1.807) is 7.11 Å². The summed E-state index contributed by atoms with van der Waals surface area (Å²) in [5, 5.41) is 8.41. The fraction of sp³-hybridized carbons (Fsp3) is 0.688. The van der Waals surface area contributed by atoms with Crippen LogP contribution in [0, 0.1) is 6.92 Å². The third kappa shape index (κ3) is 2.79. The molecule has 0 aliphatic carbocycles. The van der Waals surface area contributed by atoms with Crippen molar-refractivity contribution in [2.75, 3.05) is 38.3 Å². The highest BCUT2D eigenvalue weighted by Gasteiger charge is 2.46. The van der Waals surface area contributed by atoms with Gasteiger partial charge in [0.2, 0.25) is 5.91 Å². The molecule has 0 aromatic carbocycles. The van der Waals surface area contributed by atoms with Crippen LogP contribution in [-0.4, -0.2) is 59.9 Å². The van der Waals surface area contributed by atoms with Crippen LogP contribution < -0.4 is 4.90 Å². The van der Waals surface area contributed by atoms with E-state index < -0.39 is 0 Å². The molecule has 22 heavy (non-hydrogen) atoms. The molecule has 2 aliphatic rings. The van der Waals surface area contributed by atoms with E-state index >= 15 is 0 Å². The number of methoxy groups -OCH3 is 1. The van der Waals surface area contributed by atoms with Gasteiger partial charge in [-0.1, -0.05) is 0 Å². The SMILES string of the molecule is COCCN1C(=O)CCC12CCN(c1ccc(C)nn1)CC2. The van der Waals surface area contributed by atoms with Crippen LogP contribution in [0.15, 0.2) is 12.1 Å². The van der Waals surface area contributed by atoms with Gasteiger partial charge in [-0.05, 0) is 38.3 Å². The lowest BCUT2D eigenvalue weighted by molar-refractivity contribution is -0.132. The fourth-order valence-corrected chi connectivity index (χ4v) is 3.65. The predicted octanol–water partition coefficient (Wildman–Crippen LogP) is 1.39. The van der Waals surface area contributed by atoms with Gasteiger partial charge >= 0.3 is 0 Å². The molecule has 0 unspecified atom stereocenters. The molecule has 0 bridgehead atoms. The number of hydrogen-bond acceptors (Lipinski definition) is 5. The standard InChI is InChI=1S/C16H24N4O2/c1-13-3-4-14(18-17-13)19-9-7-16(8-10-19)6-5-15(21)20(16)11-12-22-2/h3-4H,5-12H2,1-2H3. The predicted molar refractivity (Wildman–Crippen MR) is 83.8 cm³/mol. The summed E-state index contributed by atoms with van der Waals surface area (Å²) < 4.78 is 5.17. The van der Waals surface area contributed by atoms with Crippen molar-refractivity contribution in [1.82, 2.24) is 15.1 Å². The Labute approximate surface area is 131 Å². The first-order valence-corrected chi connectivity index (χ1v) is 7.99. The van der Waals surface area contributed by atoms with E-state index in [1.807, 2.05) is 19.1 Å². The number of likely N-dealkylation sites (tertiary alicyclic amines) is 1. The Morgan fingerprint density at radius 3 is 2.64 bits per heavy atom. The minimum atomic E-state index is 0.0320. The molecular formula is C16H24N4O2. The Kier molecular flexibility index (Phi) is 4.29. The molecular weight excluding hydrogens is 280 g/mol. The zero-order chi connectivity index (χ0) is 15.6. The van der Waals surface area contributed by atoms with Gasteiger partial charge in [0, 0.05) is 38.7 Å². The van der Waals surface area contributed by atoms with Crippen molar-refractivity contribution in [3.63, 3.8) is 0 Å². The first kappa shape index (κ1) is 15.2. The molecule has 0 saturated carbocycles. The van der Waals surface area contributed by atoms with E-state index in [4.69, 9.17) is 4.74 Å². The highest BCUT2D eigenvalue weighted by molar-refractivity contribution is 5.79. The number of anilines is 1. The van der Waals surface area contributed by atoms with Crippen LogP contribution in [0.1, 0.15) is 31.4 Å². The lowest BCUT2D eigenvalue weighted by Crippen LogP contribution is -2.54. The lowest BCUT2D eigenvalue weighted by Gasteiger charge is -2.45. The van der Waals surface area contributed by atoms with Crippen LogP contribution in [-0.2, 0) is 9.53 Å². The van der Waals surface area contributed by atoms with Gasteiger partial charge in [-0.2, -0.15) is 5.10 Å². The Balaban J connectivity index is 1.67. The van der Waals surface area contributed by atoms with E-state index in [2.05, 4.69) is 20.0 Å². The maximum atomic E-state index is 12.2. The first-order chi connectivity index (χ1) is 10.6. The third-order valence-electron chi connectivity index (χ3n) is 5.00. The Morgan fingerprint density at radius 2 is 2.00 bits per heavy atom. The summed E-state index contributed by atoms with van der Waals surface area (Å²) in [4.78, 5) is 16.5. The maximum absolute atomic E-state index is 12.2. The summed E-state index contributed by atoms with van der Waals surface area (Å²) in [7, 11) is 1.69. The zero-order valence-electron chi connectivity index (χ0n) is 13.4. The van der Waals surface area contributed by atoms with Crippen molar-refractivity contribution in [2.24, 2.45) is 0 Å². The Bertz CT molecular complexity index is 523. The van der Waals surface area contributed by atoms with Crippen molar-refractivity contribution >= 4 is 11.7 Å². The number of hydrogen-bond donors (Lipinski definition) is 0. The molecule has 3 heterocycles. The molecule has 120 valence electrons. The van der Waals surface area contributed by atoms with Gasteiger partial charge in [0.15, 0.2) is 5.82 Å². The molecule has 0 atom stereocenters. The average Bonchev–Trinajstić information content (AvgIpc) is 2.83. The van der Waals surface area contributed by atoms with Crippen LogP contribution in [0.25, 0.3) is 0 Å². The van der Waals surface area contributed by atoms with Crippen LogP contribution >= 0.6 is 0 Å². The number of carbonyl (C=O) groups is 1. The van der Waals surface area contributed by atoms with Crippen molar-refractivity contribution in [2.45, 2.75) is 38.1 Å². The van der Waals surface area contributed by atoms with Crippen molar-refractivity contribution < 1.29 is 9.53 Å². The second-order valence-electron chi connectivity index (χ2n) is 6.28. The van der Waals surface area contributed by atoms with Crippen molar-refractivity contribution in [1.29, 1.82) is 0 Å². The molecule has 2 aliphatic heterocycles. The number of rotatable bonds is 4. The largest absolute Gasteiger partial charge is 0.383 e. The van der Waals surface area contributed by atoms with E-state index in [9.17, 15) is 4.79 Å². The van der Waals surface area contributed by atoms with Gasteiger partial charge in [0.25, 0.3) is 0 Å². The van der Waals surface area contributed by atoms with Crippen molar-refractivity contribution in [3.8, 4) is 0 Å². The minimum absolute atomic E-state index is 0.0320. The van der Waals surface area contributed by atoms with Gasteiger partial charge in [0.1, 0.15) is 0 Å². The second-order valence-corrected chi connectivity index (χ2v) is 6.28. The molecule has 1 aromatic heterocycles. The maximum Gasteiger partial charge on any atom is 0.223 e. The molecule has 0 radical (unpaired) electrons. The smallest absolute Gasteiger partial charge is 0.223 e. The topological polar surface area (TPSA) is 58.6 Å². The summed E-state index contributed by atoms with van der Waals surface area (Å²) in [5.41, 5.74) is 0.967. The number of piperidine rings is 1. The van der Waals surface area contributed by atoms with Gasteiger partial charge in [-0.25, -0.2) is 0 Å². The first-order valence-electron chi connectivity index (χ1n) is 7.99. The number of amides is 1. The number of carbonyl (C=O) groups excluding carboxylic acids is 1. The van der Waals surface area contributed by atoms with Crippen LogP contribution in [0.3, 0.4) is 0 Å². The molecule has 3 rings (SSSR count). The van der Waals surface area contributed by atoms with Crippen LogP contribution in [0.2, 0.25) is 0 Å². The Hall–Kier alpha value is -1.69. The molecule has 6 nitrogen and oxygen atoms in total. The van der Waals surface area contributed by atoms with Gasteiger partial charge < -0.3 is 14.5 Å². The monoisotopic (exact) mass is 304 g/mol. The molecule has 0 N–H and O–H groups in total. The number of aryl methyl sites for hydroxylation is 1. The van der Waals surface area contributed by atoms with Gasteiger partial charge in [-0.3, -0.25) is 4.79 Å². The van der Waals surface area contributed by atoms with E-state index in [-0.39, 0.29) is 11.4 Å². The quantitative estimate of drug-likeness (QED) is 0.841. The molecule has 6 heteroatoms. The van der Waals surface area contributed by atoms with Crippen LogP contribution in [0.4, 0.5) is 5.82 Å². The van der Waals surface area contributed by atoms with E-state index in [0.29, 0.717) is 19.6 Å². The number of ether oxygens (including phenoxy) is 1. The molecule has 2 fully saturated rings. The fourth-order valence-electron chi connectivity index (χ4n) is 3.65. The molecule has 1 spiro atoms. The highest BCUT2D eigenvalue weighted by atomic mass is 16.5. The summed E-state index contributed by atoms with van der Waals surface area (Å²) in [6.45, 7) is 5.11. The zero-order valence-corrected chi connectivity index (χ0v) is 13.4. The van der Waals surface area contributed by atoms with E-state index in [1.165, 1.54) is 0 Å². The third-order valence-corrected chi connectivity index (χ3v) is 5.00. The summed E-state index contributed by atoms with van der Waals surface area (Å²) in [6.07, 6.45) is 3.65. The average molecular weight is 304 g/mol. The molecule has 1 aromatic rings. The highest BCUT2D eigenvalue weighted by Crippen LogP contribution is 2.39. The second kappa shape index (κ2) is 6.20.